The maximum absolute atomic E-state index is 12.9. The van der Waals surface area contributed by atoms with Crippen LogP contribution in [0.25, 0.3) is 0 Å². The van der Waals surface area contributed by atoms with Gasteiger partial charge in [-0.05, 0) is 25.5 Å². The van der Waals surface area contributed by atoms with Gasteiger partial charge in [0.15, 0.2) is 5.13 Å². The van der Waals surface area contributed by atoms with Crippen molar-refractivity contribution in [3.63, 3.8) is 0 Å². The monoisotopic (exact) mass is 386 g/mol. The van der Waals surface area contributed by atoms with Crippen molar-refractivity contribution in [3.05, 3.63) is 47.0 Å². The molecule has 0 bridgehead atoms. The minimum absolute atomic E-state index is 0.112. The molecule has 3 heterocycles. The lowest BCUT2D eigenvalue weighted by atomic mass is 9.70. The van der Waals surface area contributed by atoms with Crippen molar-refractivity contribution in [2.45, 2.75) is 24.4 Å². The van der Waals surface area contributed by atoms with E-state index in [2.05, 4.69) is 39.5 Å². The molecule has 0 saturated carbocycles. The fourth-order valence-electron chi connectivity index (χ4n) is 4.20. The number of hydrogen-bond acceptors (Lipinski definition) is 6. The quantitative estimate of drug-likeness (QED) is 0.873. The highest BCUT2D eigenvalue weighted by atomic mass is 32.1. The molecule has 0 spiro atoms. The molecule has 2 aliphatic heterocycles. The van der Waals surface area contributed by atoms with Crippen LogP contribution in [0.2, 0.25) is 0 Å². The molecule has 2 fully saturated rings. The van der Waals surface area contributed by atoms with E-state index in [1.165, 1.54) is 16.9 Å². The van der Waals surface area contributed by atoms with Crippen LogP contribution in [0.4, 0.5) is 5.13 Å². The number of hydrogen-bond donors (Lipinski definition) is 1. The number of benzene rings is 1. The van der Waals surface area contributed by atoms with Gasteiger partial charge < -0.3 is 20.3 Å². The standard InChI is InChI=1S/C20H26N4O2S/c1-23-11-12-26-16(13-23)18(25)24-9-7-20(8-10-24,15-5-3-2-4-6-15)17-14-27-19(21)22-17/h2-6,14,16H,7-13H2,1H3,(H2,21,22). The van der Waals surface area contributed by atoms with Crippen molar-refractivity contribution < 1.29 is 9.53 Å². The first-order valence-corrected chi connectivity index (χ1v) is 10.3. The van der Waals surface area contributed by atoms with E-state index in [0.717, 1.165) is 25.1 Å². The first-order chi connectivity index (χ1) is 13.1. The van der Waals surface area contributed by atoms with E-state index < -0.39 is 0 Å². The Hall–Kier alpha value is -1.96. The number of rotatable bonds is 3. The molecule has 4 rings (SSSR count). The average molecular weight is 387 g/mol. The number of carbonyl (C=O) groups excluding carboxylic acids is 1. The Kier molecular flexibility index (Phi) is 5.16. The number of anilines is 1. The second kappa shape index (κ2) is 7.58. The van der Waals surface area contributed by atoms with E-state index >= 15 is 0 Å². The number of aromatic nitrogens is 1. The maximum Gasteiger partial charge on any atom is 0.253 e. The Balaban J connectivity index is 1.54. The molecule has 27 heavy (non-hydrogen) atoms. The fraction of sp³-hybridized carbons (Fsp3) is 0.500. The van der Waals surface area contributed by atoms with Crippen molar-refractivity contribution in [1.82, 2.24) is 14.8 Å². The third-order valence-corrected chi connectivity index (χ3v) is 6.49. The number of nitrogens with two attached hydrogens (primary N) is 1. The molecule has 1 aromatic carbocycles. The maximum atomic E-state index is 12.9. The molecule has 2 saturated heterocycles. The summed E-state index contributed by atoms with van der Waals surface area (Å²) < 4.78 is 5.73. The van der Waals surface area contributed by atoms with Crippen LogP contribution in [-0.2, 0) is 14.9 Å². The van der Waals surface area contributed by atoms with Crippen molar-refractivity contribution in [1.29, 1.82) is 0 Å². The largest absolute Gasteiger partial charge is 0.375 e. The van der Waals surface area contributed by atoms with Gasteiger partial charge in [0.05, 0.1) is 12.3 Å². The van der Waals surface area contributed by atoms with E-state index in [1.54, 1.807) is 0 Å². The van der Waals surface area contributed by atoms with Gasteiger partial charge in [-0.1, -0.05) is 30.3 Å². The van der Waals surface area contributed by atoms with E-state index in [9.17, 15) is 4.79 Å². The Bertz CT molecular complexity index is 786. The Morgan fingerprint density at radius 1 is 1.26 bits per heavy atom. The summed E-state index contributed by atoms with van der Waals surface area (Å²) in [6.45, 7) is 3.57. The lowest BCUT2D eigenvalue weighted by Crippen LogP contribution is -2.53. The molecule has 0 aliphatic carbocycles. The first kappa shape index (κ1) is 18.4. The minimum Gasteiger partial charge on any atom is -0.375 e. The van der Waals surface area contributed by atoms with Crippen LogP contribution in [0.5, 0.6) is 0 Å². The lowest BCUT2D eigenvalue weighted by molar-refractivity contribution is -0.150. The molecular weight excluding hydrogens is 360 g/mol. The number of nitrogens with zero attached hydrogens (tertiary/aromatic N) is 3. The Morgan fingerprint density at radius 2 is 2.00 bits per heavy atom. The number of nitrogen functional groups attached to an aromatic ring is 1. The molecular formula is C20H26N4O2S. The number of morpholine rings is 1. The molecule has 2 N–H and O–H groups in total. The smallest absolute Gasteiger partial charge is 0.253 e. The number of ether oxygens (including phenoxy) is 1. The molecule has 2 aromatic rings. The molecule has 1 amide bonds. The highest BCUT2D eigenvalue weighted by Crippen LogP contribution is 2.42. The Labute approximate surface area is 163 Å². The number of likely N-dealkylation sites (tertiary alicyclic amines) is 1. The Morgan fingerprint density at radius 3 is 2.63 bits per heavy atom. The highest BCUT2D eigenvalue weighted by Gasteiger charge is 2.42. The molecule has 6 nitrogen and oxygen atoms in total. The predicted octanol–water partition coefficient (Wildman–Crippen LogP) is 1.96. The van der Waals surface area contributed by atoms with Crippen LogP contribution in [0.1, 0.15) is 24.1 Å². The van der Waals surface area contributed by atoms with Gasteiger partial charge in [-0.25, -0.2) is 4.98 Å². The van der Waals surface area contributed by atoms with Gasteiger partial charge in [0.1, 0.15) is 6.10 Å². The van der Waals surface area contributed by atoms with E-state index in [-0.39, 0.29) is 17.4 Å². The van der Waals surface area contributed by atoms with Gasteiger partial charge in [0.25, 0.3) is 5.91 Å². The van der Waals surface area contributed by atoms with Gasteiger partial charge in [0.2, 0.25) is 0 Å². The molecule has 2 aliphatic rings. The van der Waals surface area contributed by atoms with Crippen LogP contribution < -0.4 is 5.73 Å². The second-order valence-corrected chi connectivity index (χ2v) is 8.36. The minimum atomic E-state index is -0.345. The molecule has 1 atom stereocenters. The van der Waals surface area contributed by atoms with Gasteiger partial charge in [-0.3, -0.25) is 4.79 Å². The van der Waals surface area contributed by atoms with Crippen LogP contribution >= 0.6 is 11.3 Å². The number of piperidine rings is 1. The van der Waals surface area contributed by atoms with E-state index in [4.69, 9.17) is 10.5 Å². The molecule has 0 radical (unpaired) electrons. The predicted molar refractivity (Wildman–Crippen MR) is 107 cm³/mol. The van der Waals surface area contributed by atoms with Crippen molar-refractivity contribution in [2.24, 2.45) is 0 Å². The summed E-state index contributed by atoms with van der Waals surface area (Å²) in [7, 11) is 2.03. The number of likely N-dealkylation sites (N-methyl/N-ethyl adjacent to an activating group) is 1. The number of amides is 1. The van der Waals surface area contributed by atoms with Crippen LogP contribution in [0.15, 0.2) is 35.7 Å². The third-order valence-electron chi connectivity index (χ3n) is 5.81. The average Bonchev–Trinajstić information content (AvgIpc) is 3.15. The van der Waals surface area contributed by atoms with Crippen LogP contribution in [0, 0.1) is 0 Å². The van der Waals surface area contributed by atoms with Crippen molar-refractivity contribution in [3.8, 4) is 0 Å². The normalized spacial score (nSPS) is 23.3. The van der Waals surface area contributed by atoms with Crippen LogP contribution in [-0.4, -0.2) is 66.6 Å². The zero-order valence-corrected chi connectivity index (χ0v) is 16.5. The van der Waals surface area contributed by atoms with E-state index in [1.807, 2.05) is 18.0 Å². The molecule has 1 aromatic heterocycles. The third kappa shape index (κ3) is 3.59. The summed E-state index contributed by atoms with van der Waals surface area (Å²) >= 11 is 1.48. The second-order valence-electron chi connectivity index (χ2n) is 7.47. The SMILES string of the molecule is CN1CCOC(C(=O)N2CCC(c3ccccc3)(c3csc(N)n3)CC2)C1. The molecule has 7 heteroatoms. The highest BCUT2D eigenvalue weighted by molar-refractivity contribution is 7.13. The first-order valence-electron chi connectivity index (χ1n) is 9.44. The zero-order valence-electron chi connectivity index (χ0n) is 15.6. The van der Waals surface area contributed by atoms with E-state index in [0.29, 0.717) is 31.4 Å². The molecule has 1 unspecified atom stereocenters. The van der Waals surface area contributed by atoms with Gasteiger partial charge in [-0.2, -0.15) is 0 Å². The van der Waals surface area contributed by atoms with Gasteiger partial charge in [-0.15, -0.1) is 11.3 Å². The summed E-state index contributed by atoms with van der Waals surface area (Å²) in [5.74, 6) is 0.112. The lowest BCUT2D eigenvalue weighted by Gasteiger charge is -2.43. The summed E-state index contributed by atoms with van der Waals surface area (Å²) in [4.78, 5) is 21.7. The van der Waals surface area contributed by atoms with Crippen molar-refractivity contribution >= 4 is 22.4 Å². The molecule has 144 valence electrons. The van der Waals surface area contributed by atoms with Crippen LogP contribution in [0.3, 0.4) is 0 Å². The number of thiazole rings is 1. The van der Waals surface area contributed by atoms with Gasteiger partial charge >= 0.3 is 0 Å². The van der Waals surface area contributed by atoms with Crippen molar-refractivity contribution in [2.75, 3.05) is 45.6 Å². The number of carbonyl (C=O) groups is 1. The summed E-state index contributed by atoms with van der Waals surface area (Å²) in [6, 6.07) is 10.5. The van der Waals surface area contributed by atoms with Gasteiger partial charge in [0, 0.05) is 37.0 Å². The summed E-state index contributed by atoms with van der Waals surface area (Å²) in [5.41, 5.74) is 8.02. The fourth-order valence-corrected chi connectivity index (χ4v) is 4.86. The zero-order chi connectivity index (χ0) is 18.9. The summed E-state index contributed by atoms with van der Waals surface area (Å²) in [5, 5.41) is 2.66. The topological polar surface area (TPSA) is 71.7 Å². The summed E-state index contributed by atoms with van der Waals surface area (Å²) in [6.07, 6.45) is 1.34.